The van der Waals surface area contributed by atoms with Crippen LogP contribution in [-0.2, 0) is 29.0 Å². The van der Waals surface area contributed by atoms with Crippen LogP contribution in [-0.4, -0.2) is 72.5 Å². The van der Waals surface area contributed by atoms with Gasteiger partial charge >= 0.3 is 12.4 Å². The van der Waals surface area contributed by atoms with E-state index >= 15 is 0 Å². The standard InChI is InChI=1S/C36H47F6N3O/c1-26-8-9-29(20-27(26)2)34(13-19-43-17-10-32(11-18-43)44-14-5-3-6-15-44)12-4-7-16-45(25-34)33(46)23-28-21-30(35(37,38)39)24-31(22-28)36(40,41)42/h8-9,20-22,24,32H,3-7,10-19,23,25H2,1-2H3/t34-/m0/s1. The van der Waals surface area contributed by atoms with E-state index in [2.05, 4.69) is 41.8 Å². The summed E-state index contributed by atoms with van der Waals surface area (Å²) in [7, 11) is 0. The number of nitrogens with zero attached hydrogens (tertiary/aromatic N) is 3. The van der Waals surface area contributed by atoms with E-state index in [1.807, 2.05) is 0 Å². The maximum Gasteiger partial charge on any atom is 0.416 e. The van der Waals surface area contributed by atoms with Gasteiger partial charge in [-0.1, -0.05) is 31.0 Å². The summed E-state index contributed by atoms with van der Waals surface area (Å²) < 4.78 is 81.1. The largest absolute Gasteiger partial charge is 0.416 e. The molecular weight excluding hydrogens is 604 g/mol. The van der Waals surface area contributed by atoms with Gasteiger partial charge < -0.3 is 14.7 Å². The van der Waals surface area contributed by atoms with Gasteiger partial charge in [-0.3, -0.25) is 4.79 Å². The summed E-state index contributed by atoms with van der Waals surface area (Å²) in [5, 5.41) is 0. The fourth-order valence-electron chi connectivity index (χ4n) is 7.73. The Morgan fingerprint density at radius 2 is 1.41 bits per heavy atom. The number of hydrogen-bond acceptors (Lipinski definition) is 3. The number of likely N-dealkylation sites (tertiary alicyclic amines) is 3. The Morgan fingerprint density at radius 1 is 0.783 bits per heavy atom. The topological polar surface area (TPSA) is 26.8 Å². The van der Waals surface area contributed by atoms with Crippen LogP contribution in [0.5, 0.6) is 0 Å². The molecule has 3 aliphatic heterocycles. The molecule has 3 fully saturated rings. The van der Waals surface area contributed by atoms with Gasteiger partial charge in [0.1, 0.15) is 0 Å². The number of carbonyl (C=O) groups is 1. The molecule has 0 spiro atoms. The molecule has 0 radical (unpaired) electrons. The van der Waals surface area contributed by atoms with Crippen molar-refractivity contribution in [1.29, 1.82) is 0 Å². The van der Waals surface area contributed by atoms with Crippen molar-refractivity contribution in [2.24, 2.45) is 0 Å². The van der Waals surface area contributed by atoms with Crippen molar-refractivity contribution < 1.29 is 31.1 Å². The van der Waals surface area contributed by atoms with Gasteiger partial charge in [0.15, 0.2) is 0 Å². The van der Waals surface area contributed by atoms with Gasteiger partial charge in [-0.25, -0.2) is 0 Å². The normalized spacial score (nSPS) is 23.0. The van der Waals surface area contributed by atoms with E-state index in [1.54, 1.807) is 4.90 Å². The molecule has 3 aliphatic rings. The molecule has 0 saturated carbocycles. The van der Waals surface area contributed by atoms with E-state index in [4.69, 9.17) is 0 Å². The van der Waals surface area contributed by atoms with Crippen molar-refractivity contribution in [1.82, 2.24) is 14.7 Å². The lowest BCUT2D eigenvalue weighted by atomic mass is 9.73. The summed E-state index contributed by atoms with van der Waals surface area (Å²) in [6, 6.07) is 8.55. The first-order chi connectivity index (χ1) is 21.7. The van der Waals surface area contributed by atoms with Crippen molar-refractivity contribution in [3.05, 3.63) is 69.8 Å². The predicted molar refractivity (Wildman–Crippen MR) is 168 cm³/mol. The highest BCUT2D eigenvalue weighted by Gasteiger charge is 2.40. The molecule has 2 aromatic rings. The summed E-state index contributed by atoms with van der Waals surface area (Å²) in [6.07, 6.45) is -0.923. The lowest BCUT2D eigenvalue weighted by Crippen LogP contribution is -2.48. The first-order valence-corrected chi connectivity index (χ1v) is 16.8. The van der Waals surface area contributed by atoms with Crippen LogP contribution in [0.1, 0.15) is 91.2 Å². The van der Waals surface area contributed by atoms with Crippen LogP contribution >= 0.6 is 0 Å². The third kappa shape index (κ3) is 8.46. The maximum atomic E-state index is 13.7. The first-order valence-electron chi connectivity index (χ1n) is 16.8. The van der Waals surface area contributed by atoms with Crippen LogP contribution in [0.25, 0.3) is 0 Å². The Morgan fingerprint density at radius 3 is 2.02 bits per heavy atom. The van der Waals surface area contributed by atoms with Crippen LogP contribution in [0, 0.1) is 13.8 Å². The SMILES string of the molecule is Cc1ccc([C@]2(CCN3CCC(N4CCCCC4)CC3)CCCCN(C(=O)Cc3cc(C(F)(F)F)cc(C(F)(F)F)c3)C2)cc1C. The highest BCUT2D eigenvalue weighted by molar-refractivity contribution is 5.79. The van der Waals surface area contributed by atoms with Crippen LogP contribution in [0.3, 0.4) is 0 Å². The fourth-order valence-corrected chi connectivity index (χ4v) is 7.73. The van der Waals surface area contributed by atoms with Crippen molar-refractivity contribution in [3.63, 3.8) is 0 Å². The second-order valence-corrected chi connectivity index (χ2v) is 13.9. The molecule has 254 valence electrons. The first kappa shape index (κ1) is 34.7. The van der Waals surface area contributed by atoms with E-state index in [9.17, 15) is 31.1 Å². The van der Waals surface area contributed by atoms with Crippen LogP contribution in [0.15, 0.2) is 36.4 Å². The van der Waals surface area contributed by atoms with E-state index in [-0.39, 0.29) is 17.0 Å². The maximum absolute atomic E-state index is 13.7. The third-order valence-electron chi connectivity index (χ3n) is 10.7. The number of rotatable bonds is 7. The molecule has 0 bridgehead atoms. The minimum atomic E-state index is -4.96. The Hall–Kier alpha value is -2.59. The highest BCUT2D eigenvalue weighted by atomic mass is 19.4. The quantitative estimate of drug-likeness (QED) is 0.283. The van der Waals surface area contributed by atoms with Crippen LogP contribution < -0.4 is 0 Å². The van der Waals surface area contributed by atoms with Crippen molar-refractivity contribution >= 4 is 5.91 Å². The summed E-state index contributed by atoms with van der Waals surface area (Å²) in [4.78, 5) is 20.6. The molecule has 2 aromatic carbocycles. The molecule has 4 nitrogen and oxygen atoms in total. The zero-order chi connectivity index (χ0) is 33.1. The summed E-state index contributed by atoms with van der Waals surface area (Å²) in [6.45, 7) is 10.3. The molecule has 3 saturated heterocycles. The average Bonchev–Trinajstić information content (AvgIpc) is 3.25. The van der Waals surface area contributed by atoms with Crippen molar-refractivity contribution in [2.45, 2.75) is 102 Å². The molecular formula is C36H47F6N3O. The second kappa shape index (κ2) is 14.3. The lowest BCUT2D eigenvalue weighted by Gasteiger charge is -2.42. The predicted octanol–water partition coefficient (Wildman–Crippen LogP) is 8.17. The molecule has 0 N–H and O–H groups in total. The second-order valence-electron chi connectivity index (χ2n) is 13.9. The van der Waals surface area contributed by atoms with Crippen LogP contribution in [0.4, 0.5) is 26.3 Å². The van der Waals surface area contributed by atoms with Crippen molar-refractivity contribution in [2.75, 3.05) is 45.8 Å². The average molecular weight is 652 g/mol. The number of halogens is 6. The zero-order valence-electron chi connectivity index (χ0n) is 27.1. The van der Waals surface area contributed by atoms with E-state index in [0.717, 1.165) is 69.3 Å². The van der Waals surface area contributed by atoms with Crippen LogP contribution in [0.2, 0.25) is 0 Å². The van der Waals surface area contributed by atoms with Gasteiger partial charge in [-0.05, 0) is 132 Å². The molecule has 0 unspecified atom stereocenters. The third-order valence-corrected chi connectivity index (χ3v) is 10.7. The van der Waals surface area contributed by atoms with Gasteiger partial charge in [0, 0.05) is 24.5 Å². The van der Waals surface area contributed by atoms with Crippen molar-refractivity contribution in [3.8, 4) is 0 Å². The number of alkyl halides is 6. The molecule has 46 heavy (non-hydrogen) atoms. The minimum Gasteiger partial charge on any atom is -0.342 e. The Bertz CT molecular complexity index is 1310. The molecule has 5 rings (SSSR count). The lowest BCUT2D eigenvalue weighted by molar-refractivity contribution is -0.143. The number of amides is 1. The molecule has 10 heteroatoms. The van der Waals surface area contributed by atoms with Gasteiger partial charge in [-0.15, -0.1) is 0 Å². The van der Waals surface area contributed by atoms with Gasteiger partial charge in [0.05, 0.1) is 17.5 Å². The van der Waals surface area contributed by atoms with Gasteiger partial charge in [-0.2, -0.15) is 26.3 Å². The van der Waals surface area contributed by atoms with Gasteiger partial charge in [0.25, 0.3) is 0 Å². The Labute approximate surface area is 269 Å². The Kier molecular flexibility index (Phi) is 10.8. The number of hydrogen-bond donors (Lipinski definition) is 0. The van der Waals surface area contributed by atoms with E-state index < -0.39 is 35.8 Å². The number of aryl methyl sites for hydroxylation is 2. The minimum absolute atomic E-state index is 0.111. The molecule has 1 atom stereocenters. The Balaban J connectivity index is 1.35. The molecule has 0 aromatic heterocycles. The smallest absolute Gasteiger partial charge is 0.342 e. The molecule has 3 heterocycles. The monoisotopic (exact) mass is 651 g/mol. The highest BCUT2D eigenvalue weighted by Crippen LogP contribution is 2.40. The molecule has 1 amide bonds. The number of carbonyl (C=O) groups excluding carboxylic acids is 1. The fraction of sp³-hybridized carbons (Fsp3) is 0.639. The van der Waals surface area contributed by atoms with E-state index in [0.29, 0.717) is 31.3 Å². The summed E-state index contributed by atoms with van der Waals surface area (Å²) in [5.74, 6) is -0.440. The number of piperidine rings is 2. The zero-order valence-corrected chi connectivity index (χ0v) is 27.1. The number of benzene rings is 2. The van der Waals surface area contributed by atoms with E-state index in [1.165, 1.54) is 37.9 Å². The summed E-state index contributed by atoms with van der Waals surface area (Å²) in [5.41, 5.74) is 0.0558. The summed E-state index contributed by atoms with van der Waals surface area (Å²) >= 11 is 0. The van der Waals surface area contributed by atoms with Gasteiger partial charge in [0.2, 0.25) is 5.91 Å². The molecule has 0 aliphatic carbocycles.